The van der Waals surface area contributed by atoms with Gasteiger partial charge in [0.25, 0.3) is 5.91 Å². The molecule has 2 aromatic heterocycles. The summed E-state index contributed by atoms with van der Waals surface area (Å²) in [6.45, 7) is 7.49. The fourth-order valence-electron chi connectivity index (χ4n) is 9.43. The largest absolute Gasteiger partial charge is 0.453 e. The average Bonchev–Trinajstić information content (AvgIpc) is 3.88. The van der Waals surface area contributed by atoms with E-state index in [1.807, 2.05) is 55.8 Å². The second-order valence-corrected chi connectivity index (χ2v) is 17.8. The van der Waals surface area contributed by atoms with E-state index < -0.39 is 24.3 Å². The number of hydrogen-bond donors (Lipinski definition) is 4. The topological polar surface area (TPSA) is 189 Å². The molecule has 2 unspecified atom stereocenters. The predicted molar refractivity (Wildman–Crippen MR) is 225 cm³/mol. The number of carbonyl (C=O) groups is 4. The number of carbonyl (C=O) groups excluding carboxylic acids is 4. The minimum Gasteiger partial charge on any atom is -0.453 e. The van der Waals surface area contributed by atoms with Gasteiger partial charge in [-0.1, -0.05) is 87.8 Å². The average molecular weight is 833 g/mol. The van der Waals surface area contributed by atoms with Gasteiger partial charge in [0.2, 0.25) is 5.91 Å². The van der Waals surface area contributed by atoms with E-state index in [-0.39, 0.29) is 47.8 Å². The van der Waals surface area contributed by atoms with Crippen molar-refractivity contribution in [2.24, 2.45) is 29.4 Å². The predicted octanol–water partition coefficient (Wildman–Crippen LogP) is 7.76. The number of nitrogens with two attached hydrogens (primary N) is 1. The van der Waals surface area contributed by atoms with Crippen molar-refractivity contribution in [1.82, 2.24) is 35.1 Å². The number of imidazole rings is 2. The minimum atomic E-state index is -0.953. The molecular formula is C45H49ClN8O6. The molecule has 2 saturated heterocycles. The highest BCUT2D eigenvalue weighted by Crippen LogP contribution is 2.55. The number of ether oxygens (including phenoxy) is 2. The molecule has 9 rings (SSSR count). The second kappa shape index (κ2) is 15.3. The highest BCUT2D eigenvalue weighted by atomic mass is 35.5. The molecule has 14 nitrogen and oxygen atoms in total. The van der Waals surface area contributed by atoms with Gasteiger partial charge in [0.15, 0.2) is 11.3 Å². The first-order valence-electron chi connectivity index (χ1n) is 20.7. The molecule has 3 aromatic carbocycles. The number of rotatable bonds is 11. The van der Waals surface area contributed by atoms with Crippen LogP contribution in [0.2, 0.25) is 5.15 Å². The zero-order valence-corrected chi connectivity index (χ0v) is 34.9. The van der Waals surface area contributed by atoms with Gasteiger partial charge in [-0.25, -0.2) is 19.6 Å². The number of halogens is 1. The van der Waals surface area contributed by atoms with Crippen LogP contribution in [0.3, 0.4) is 0 Å². The van der Waals surface area contributed by atoms with E-state index in [0.29, 0.717) is 28.5 Å². The molecule has 5 N–H and O–H groups in total. The molecule has 8 atom stereocenters. The summed E-state index contributed by atoms with van der Waals surface area (Å²) in [7, 11) is 1.29. The first-order chi connectivity index (χ1) is 28.8. The van der Waals surface area contributed by atoms with Crippen molar-refractivity contribution >= 4 is 46.4 Å². The molecule has 4 heterocycles. The summed E-state index contributed by atoms with van der Waals surface area (Å²) < 4.78 is 10.1. The number of primary amides is 1. The van der Waals surface area contributed by atoms with Gasteiger partial charge in [-0.15, -0.1) is 0 Å². The van der Waals surface area contributed by atoms with Crippen molar-refractivity contribution in [2.75, 3.05) is 7.11 Å². The Morgan fingerprint density at radius 1 is 0.767 bits per heavy atom. The number of hydrogen-bond acceptors (Lipinski definition) is 8. The van der Waals surface area contributed by atoms with Gasteiger partial charge in [0, 0.05) is 29.4 Å². The highest BCUT2D eigenvalue weighted by molar-refractivity contribution is 6.32. The minimum absolute atomic E-state index is 0.120. The molecule has 4 amide bonds. The Kier molecular flexibility index (Phi) is 10.1. The molecule has 60 heavy (non-hydrogen) atoms. The first kappa shape index (κ1) is 39.6. The normalized spacial score (nSPS) is 23.7. The zero-order valence-electron chi connectivity index (χ0n) is 34.1. The van der Waals surface area contributed by atoms with E-state index in [0.717, 1.165) is 70.2 Å². The van der Waals surface area contributed by atoms with E-state index in [1.165, 1.54) is 7.11 Å². The number of nitrogens with zero attached hydrogens (tertiary/aromatic N) is 4. The van der Waals surface area contributed by atoms with Crippen LogP contribution in [0.25, 0.3) is 44.4 Å². The Bertz CT molecular complexity index is 2500. The molecule has 0 bridgehead atoms. The maximum Gasteiger partial charge on any atom is 0.407 e. The fourth-order valence-corrected chi connectivity index (χ4v) is 9.67. The Morgan fingerprint density at radius 3 is 1.97 bits per heavy atom. The summed E-state index contributed by atoms with van der Waals surface area (Å²) in [4.78, 5) is 71.3. The van der Waals surface area contributed by atoms with Crippen LogP contribution in [-0.2, 0) is 19.1 Å². The van der Waals surface area contributed by atoms with Gasteiger partial charge in [-0.3, -0.25) is 9.59 Å². The Labute approximate surface area is 352 Å². The molecule has 312 valence electrons. The van der Waals surface area contributed by atoms with E-state index in [2.05, 4.69) is 63.8 Å². The fraction of sp³-hybridized carbons (Fsp3) is 0.422. The lowest BCUT2D eigenvalue weighted by molar-refractivity contribution is -0.144. The van der Waals surface area contributed by atoms with Gasteiger partial charge >= 0.3 is 12.2 Å². The number of methoxy groups -OCH3 is 1. The third kappa shape index (κ3) is 7.24. The van der Waals surface area contributed by atoms with E-state index in [9.17, 15) is 19.2 Å². The number of amides is 4. The zero-order chi connectivity index (χ0) is 42.1. The number of likely N-dealkylation sites (tertiary alicyclic amines) is 2. The molecular weight excluding hydrogens is 784 g/mol. The molecule has 4 fully saturated rings. The summed E-state index contributed by atoms with van der Waals surface area (Å²) in [5, 5.41) is 5.20. The molecule has 4 aliphatic rings. The van der Waals surface area contributed by atoms with Crippen molar-refractivity contribution < 1.29 is 28.7 Å². The van der Waals surface area contributed by atoms with Crippen molar-refractivity contribution in [1.29, 1.82) is 0 Å². The number of aromatic amines is 2. The Balaban J connectivity index is 0.896. The molecule has 15 heteroatoms. The summed E-state index contributed by atoms with van der Waals surface area (Å²) in [5.74, 6) is 1.46. The summed E-state index contributed by atoms with van der Waals surface area (Å²) in [6, 6.07) is 19.8. The number of nitrogens with one attached hydrogen (secondary N) is 3. The monoisotopic (exact) mass is 832 g/mol. The number of H-pyrrole nitrogens is 2. The van der Waals surface area contributed by atoms with Crippen molar-refractivity contribution in [2.45, 2.75) is 89.7 Å². The second-order valence-electron chi connectivity index (χ2n) is 17.4. The van der Waals surface area contributed by atoms with Crippen molar-refractivity contribution in [3.63, 3.8) is 0 Å². The summed E-state index contributed by atoms with van der Waals surface area (Å²) in [5.41, 5.74) is 10.7. The lowest BCUT2D eigenvalue weighted by Crippen LogP contribution is -2.52. The first-order valence-corrected chi connectivity index (χ1v) is 21.1. The Morgan fingerprint density at radius 2 is 1.35 bits per heavy atom. The molecule has 0 radical (unpaired) electrons. The van der Waals surface area contributed by atoms with Crippen molar-refractivity contribution in [3.05, 3.63) is 83.7 Å². The third-order valence-electron chi connectivity index (χ3n) is 12.8. The van der Waals surface area contributed by atoms with Gasteiger partial charge in [0.05, 0.1) is 30.6 Å². The molecule has 0 spiro atoms. The standard InChI is InChI=1S/C45H49ClN8O6/c1-21(2)36(51-45(58)59-5)42(55)53-32-16-30(32)19-35(53)41-50-37(39(46)52-41)24-8-6-23(7-9-24)25-10-11-27-15-28(13-12-26(27)14-25)31-20-48-40(49-31)34-18-29-17-33(29)54(34)43(56)38(22(3)4)60-44(47)57/h6-15,20-22,29-30,32-36,38H,16-19H2,1-5H3,(H2,47,57)(H,48,49)(H,50,52)(H,51,58)/t29-,30-,32-,33-,34+,35+,36?,38?/m1/s1. The number of piperidine rings is 2. The van der Waals surface area contributed by atoms with Crippen LogP contribution in [0.4, 0.5) is 9.59 Å². The molecule has 5 aromatic rings. The Hall–Kier alpha value is -5.89. The van der Waals surface area contributed by atoms with Crippen LogP contribution in [0.1, 0.15) is 77.1 Å². The number of fused-ring (bicyclic) bond motifs is 3. The third-order valence-corrected chi connectivity index (χ3v) is 13.0. The van der Waals surface area contributed by atoms with Crippen LogP contribution in [-0.4, -0.2) is 85.1 Å². The number of alkyl carbamates (subject to hydrolysis) is 1. The quantitative estimate of drug-likeness (QED) is 0.104. The van der Waals surface area contributed by atoms with Crippen LogP contribution < -0.4 is 11.1 Å². The maximum absolute atomic E-state index is 13.8. The van der Waals surface area contributed by atoms with Gasteiger partial charge < -0.3 is 40.3 Å². The van der Waals surface area contributed by atoms with E-state index in [4.69, 9.17) is 36.8 Å². The number of benzene rings is 3. The van der Waals surface area contributed by atoms with Gasteiger partial charge in [-0.2, -0.15) is 0 Å². The van der Waals surface area contributed by atoms with E-state index >= 15 is 0 Å². The van der Waals surface area contributed by atoms with Gasteiger partial charge in [-0.05, 0) is 83.4 Å². The van der Waals surface area contributed by atoms with E-state index in [1.54, 1.807) is 0 Å². The van der Waals surface area contributed by atoms with Crippen LogP contribution >= 0.6 is 11.6 Å². The maximum atomic E-state index is 13.8. The van der Waals surface area contributed by atoms with Crippen LogP contribution in [0.15, 0.2) is 66.9 Å². The molecule has 2 aliphatic carbocycles. The smallest absolute Gasteiger partial charge is 0.407 e. The number of aromatic nitrogens is 4. The summed E-state index contributed by atoms with van der Waals surface area (Å²) >= 11 is 6.75. The lowest BCUT2D eigenvalue weighted by Gasteiger charge is -2.31. The van der Waals surface area contributed by atoms with Crippen molar-refractivity contribution in [3.8, 4) is 33.6 Å². The van der Waals surface area contributed by atoms with Crippen LogP contribution in [0.5, 0.6) is 0 Å². The van der Waals surface area contributed by atoms with Gasteiger partial charge in [0.1, 0.15) is 17.7 Å². The summed E-state index contributed by atoms with van der Waals surface area (Å²) in [6.07, 6.45) is 2.83. The molecule has 2 aliphatic heterocycles. The molecule has 2 saturated carbocycles. The lowest BCUT2D eigenvalue weighted by atomic mass is 9.98. The SMILES string of the molecule is COC(=O)NC(C(=O)N1[C@@H]2C[C@@H]2C[C@H]1c1nc(Cl)c(-c2ccc(-c3ccc4cc(-c5c[nH]c([C@@H]6C[C@H]7C[C@H]7N6C(=O)C(OC(N)=O)C(C)C)n5)ccc4c3)cc2)[nH]1)C(C)C. The highest BCUT2D eigenvalue weighted by Gasteiger charge is 2.57. The van der Waals surface area contributed by atoms with Crippen LogP contribution in [0, 0.1) is 23.7 Å².